The maximum atomic E-state index is 12.7. The van der Waals surface area contributed by atoms with Crippen LogP contribution in [-0.2, 0) is 23.1 Å². The molecule has 0 aromatic carbocycles. The smallest absolute Gasteiger partial charge is 0.230 e. The zero-order chi connectivity index (χ0) is 28.6. The second-order valence-electron chi connectivity index (χ2n) is 12.0. The second-order valence-corrected chi connectivity index (χ2v) is 21.5. The molecule has 0 unspecified atom stereocenters. The molecule has 2 aromatic rings. The lowest BCUT2D eigenvalue weighted by molar-refractivity contribution is -0.157. The topological polar surface area (TPSA) is 113 Å². The standard InChI is InChI=1S/C27H47N5O5Si2/c1-10-38(11-2,12-3)34-16-27-21(35-27)20(37-39(13-4,14-5)15-6)24(36-27)32-18-30-19-22(28-17-29-23(19)32)31-25(33)26(7,8)9/h17-18,20-21,24H,10-16H2,1-9H3,(H,28,29,31,33)/t20-,21-,24-,27+/m1/s1. The average Bonchev–Trinajstić information content (AvgIpc) is 3.32. The third kappa shape index (κ3) is 5.60. The van der Waals surface area contributed by atoms with Gasteiger partial charge in [-0.1, -0.05) is 62.3 Å². The first-order valence-electron chi connectivity index (χ1n) is 14.6. The first-order valence-corrected chi connectivity index (χ1v) is 19.7. The second kappa shape index (κ2) is 11.3. The Morgan fingerprint density at radius 3 is 2.15 bits per heavy atom. The Hall–Kier alpha value is -1.71. The summed E-state index contributed by atoms with van der Waals surface area (Å²) in [6, 6.07) is 6.25. The van der Waals surface area contributed by atoms with E-state index in [1.165, 1.54) is 6.33 Å². The summed E-state index contributed by atoms with van der Waals surface area (Å²) in [5.74, 6) is -0.575. The van der Waals surface area contributed by atoms with Crippen molar-refractivity contribution >= 4 is 39.5 Å². The molecule has 2 fully saturated rings. The molecule has 0 saturated carbocycles. The maximum Gasteiger partial charge on any atom is 0.230 e. The quantitative estimate of drug-likeness (QED) is 0.233. The van der Waals surface area contributed by atoms with Crippen LogP contribution in [0.5, 0.6) is 0 Å². The monoisotopic (exact) mass is 577 g/mol. The van der Waals surface area contributed by atoms with E-state index in [0.29, 0.717) is 23.6 Å². The Bertz CT molecular complexity index is 1150. The summed E-state index contributed by atoms with van der Waals surface area (Å²) >= 11 is 0. The number of anilines is 1. The number of ether oxygens (including phenoxy) is 2. The molecule has 2 aliphatic heterocycles. The van der Waals surface area contributed by atoms with Gasteiger partial charge in [-0.25, -0.2) is 15.0 Å². The number of amides is 1. The molecule has 39 heavy (non-hydrogen) atoms. The predicted molar refractivity (Wildman–Crippen MR) is 156 cm³/mol. The van der Waals surface area contributed by atoms with Crippen LogP contribution in [0.25, 0.3) is 11.2 Å². The summed E-state index contributed by atoms with van der Waals surface area (Å²) in [5.41, 5.74) is 0.533. The van der Waals surface area contributed by atoms with Gasteiger partial charge in [0.2, 0.25) is 11.7 Å². The van der Waals surface area contributed by atoms with E-state index in [0.717, 1.165) is 36.3 Å². The summed E-state index contributed by atoms with van der Waals surface area (Å²) in [5, 5.41) is 2.92. The van der Waals surface area contributed by atoms with E-state index >= 15 is 0 Å². The highest BCUT2D eigenvalue weighted by Crippen LogP contribution is 2.55. The van der Waals surface area contributed by atoms with Crippen molar-refractivity contribution in [3.8, 4) is 0 Å². The molecule has 12 heteroatoms. The Balaban J connectivity index is 1.68. The number of nitrogens with one attached hydrogen (secondary N) is 1. The van der Waals surface area contributed by atoms with Crippen LogP contribution in [0.4, 0.5) is 5.82 Å². The fourth-order valence-electron chi connectivity index (χ4n) is 5.52. The largest absolute Gasteiger partial charge is 0.411 e. The number of epoxide rings is 1. The number of imidazole rings is 1. The summed E-state index contributed by atoms with van der Waals surface area (Å²) in [6.07, 6.45) is 2.17. The van der Waals surface area contributed by atoms with Gasteiger partial charge < -0.3 is 23.6 Å². The van der Waals surface area contributed by atoms with E-state index < -0.39 is 34.1 Å². The van der Waals surface area contributed by atoms with Gasteiger partial charge in [-0.3, -0.25) is 9.36 Å². The molecule has 4 atom stereocenters. The van der Waals surface area contributed by atoms with Crippen molar-refractivity contribution in [2.45, 2.75) is 123 Å². The van der Waals surface area contributed by atoms with Crippen molar-refractivity contribution < 1.29 is 23.1 Å². The van der Waals surface area contributed by atoms with Crippen molar-refractivity contribution in [1.29, 1.82) is 0 Å². The Morgan fingerprint density at radius 1 is 0.974 bits per heavy atom. The average molecular weight is 578 g/mol. The number of carbonyl (C=O) groups is 1. The highest BCUT2D eigenvalue weighted by molar-refractivity contribution is 6.74. The van der Waals surface area contributed by atoms with Crippen LogP contribution in [0, 0.1) is 5.41 Å². The van der Waals surface area contributed by atoms with Crippen molar-refractivity contribution in [3.05, 3.63) is 12.7 Å². The van der Waals surface area contributed by atoms with E-state index in [4.69, 9.17) is 18.3 Å². The Morgan fingerprint density at radius 2 is 1.59 bits per heavy atom. The van der Waals surface area contributed by atoms with Gasteiger partial charge in [0, 0.05) is 5.41 Å². The third-order valence-electron chi connectivity index (χ3n) is 8.98. The van der Waals surface area contributed by atoms with Gasteiger partial charge in [0.15, 0.2) is 39.8 Å². The van der Waals surface area contributed by atoms with E-state index in [2.05, 4.69) is 61.8 Å². The highest BCUT2D eigenvalue weighted by Gasteiger charge is 2.72. The molecule has 4 rings (SSSR count). The summed E-state index contributed by atoms with van der Waals surface area (Å²) in [6.45, 7) is 19.3. The minimum Gasteiger partial charge on any atom is -0.411 e. The molecule has 1 amide bonds. The van der Waals surface area contributed by atoms with E-state index in [1.54, 1.807) is 6.33 Å². The maximum absolute atomic E-state index is 12.7. The van der Waals surface area contributed by atoms with E-state index in [9.17, 15) is 4.79 Å². The number of rotatable bonds is 13. The number of carbonyl (C=O) groups excluding carboxylic acids is 1. The van der Waals surface area contributed by atoms with Gasteiger partial charge >= 0.3 is 0 Å². The van der Waals surface area contributed by atoms with Gasteiger partial charge in [0.25, 0.3) is 0 Å². The number of nitrogens with zero attached hydrogens (tertiary/aromatic N) is 4. The lowest BCUT2D eigenvalue weighted by Crippen LogP contribution is -2.44. The number of hydrogen-bond acceptors (Lipinski definition) is 8. The Labute approximate surface area is 234 Å². The molecule has 10 nitrogen and oxygen atoms in total. The highest BCUT2D eigenvalue weighted by atomic mass is 28.4. The molecule has 0 spiro atoms. The van der Waals surface area contributed by atoms with Gasteiger partial charge in [0.1, 0.15) is 18.5 Å². The molecule has 0 radical (unpaired) electrons. The molecule has 2 saturated heterocycles. The summed E-state index contributed by atoms with van der Waals surface area (Å²) in [7, 11) is -3.84. The number of fused-ring (bicyclic) bond motifs is 2. The lowest BCUT2D eigenvalue weighted by Gasteiger charge is -2.34. The van der Waals surface area contributed by atoms with Crippen LogP contribution >= 0.6 is 0 Å². The van der Waals surface area contributed by atoms with Gasteiger partial charge in [0.05, 0.1) is 12.9 Å². The molecule has 2 aromatic heterocycles. The number of hydrogen-bond donors (Lipinski definition) is 1. The minimum absolute atomic E-state index is 0.138. The van der Waals surface area contributed by atoms with Crippen molar-refractivity contribution in [2.75, 3.05) is 11.9 Å². The van der Waals surface area contributed by atoms with Gasteiger partial charge in [-0.15, -0.1) is 0 Å². The molecule has 1 N–H and O–H groups in total. The molecule has 0 aliphatic carbocycles. The number of aromatic nitrogens is 4. The van der Waals surface area contributed by atoms with Crippen LogP contribution < -0.4 is 5.32 Å². The first-order chi connectivity index (χ1) is 18.5. The summed E-state index contributed by atoms with van der Waals surface area (Å²) in [4.78, 5) is 26.2. The van der Waals surface area contributed by atoms with Gasteiger partial charge in [-0.05, 0) is 36.3 Å². The van der Waals surface area contributed by atoms with Crippen LogP contribution in [0.1, 0.15) is 68.5 Å². The zero-order valence-electron chi connectivity index (χ0n) is 25.2. The van der Waals surface area contributed by atoms with Crippen LogP contribution in [0.3, 0.4) is 0 Å². The van der Waals surface area contributed by atoms with Crippen LogP contribution in [0.2, 0.25) is 36.3 Å². The third-order valence-corrected chi connectivity index (χ3v) is 18.2. The van der Waals surface area contributed by atoms with E-state index in [1.807, 2.05) is 25.3 Å². The molecule has 4 heterocycles. The Kier molecular flexibility index (Phi) is 8.76. The molecular formula is C27H47N5O5Si2. The zero-order valence-corrected chi connectivity index (χ0v) is 27.2. The molecule has 2 aliphatic rings. The van der Waals surface area contributed by atoms with Gasteiger partial charge in [-0.2, -0.15) is 0 Å². The van der Waals surface area contributed by atoms with Crippen molar-refractivity contribution in [1.82, 2.24) is 19.5 Å². The normalized spacial score (nSPS) is 25.2. The lowest BCUT2D eigenvalue weighted by atomic mass is 9.96. The molecule has 218 valence electrons. The predicted octanol–water partition coefficient (Wildman–Crippen LogP) is 5.85. The minimum atomic E-state index is -2.00. The van der Waals surface area contributed by atoms with Crippen molar-refractivity contribution in [2.24, 2.45) is 5.41 Å². The van der Waals surface area contributed by atoms with Crippen LogP contribution in [-0.4, -0.2) is 66.7 Å². The van der Waals surface area contributed by atoms with E-state index in [-0.39, 0.29) is 18.1 Å². The molecule has 0 bridgehead atoms. The van der Waals surface area contributed by atoms with Crippen molar-refractivity contribution in [3.63, 3.8) is 0 Å². The fraction of sp³-hybridized carbons (Fsp3) is 0.778. The summed E-state index contributed by atoms with van der Waals surface area (Å²) < 4.78 is 28.6. The molecular weight excluding hydrogens is 530 g/mol. The van der Waals surface area contributed by atoms with Crippen LogP contribution in [0.15, 0.2) is 12.7 Å². The fourth-order valence-corrected chi connectivity index (χ4v) is 11.0. The SMILES string of the molecule is CC[Si](CC)(CC)OC[C@]12O[C@@H](n3cnc4c(NC(=O)C(C)(C)C)ncnc43)[C@H](O[Si](CC)(CC)CC)[C@H]1O2. The first kappa shape index (κ1) is 30.3.